The number of hydrogen-bond acceptors (Lipinski definition) is 4. The van der Waals surface area contributed by atoms with Crippen molar-refractivity contribution in [3.8, 4) is 5.75 Å². The maximum absolute atomic E-state index is 12.7. The number of rotatable bonds is 7. The Morgan fingerprint density at radius 3 is 2.37 bits per heavy atom. The van der Waals surface area contributed by atoms with Crippen LogP contribution in [0.3, 0.4) is 0 Å². The van der Waals surface area contributed by atoms with Crippen LogP contribution in [-0.4, -0.2) is 60.4 Å². The van der Waals surface area contributed by atoms with E-state index in [0.29, 0.717) is 38.5 Å². The fourth-order valence-electron chi connectivity index (χ4n) is 3.60. The Kier molecular flexibility index (Phi) is 7.46. The van der Waals surface area contributed by atoms with Crippen LogP contribution in [0.1, 0.15) is 25.0 Å². The molecule has 0 saturated carbocycles. The fraction of sp³-hybridized carbons (Fsp3) is 0.417. The highest BCUT2D eigenvalue weighted by Gasteiger charge is 2.26. The molecule has 2 amide bonds. The number of anilines is 1. The fourth-order valence-corrected chi connectivity index (χ4v) is 3.60. The SMILES string of the molecule is CCc1ccccc1NC(=O)CN1CCN(C(=O)C(C)Oc2ccc(C)cc2)CC1. The van der Waals surface area contributed by atoms with Crippen LogP contribution in [0.4, 0.5) is 5.69 Å². The smallest absolute Gasteiger partial charge is 0.263 e. The van der Waals surface area contributed by atoms with Gasteiger partial charge in [0.05, 0.1) is 6.54 Å². The first-order valence-corrected chi connectivity index (χ1v) is 10.6. The number of piperazine rings is 1. The lowest BCUT2D eigenvalue weighted by Crippen LogP contribution is -2.53. The average Bonchev–Trinajstić information content (AvgIpc) is 2.75. The Morgan fingerprint density at radius 2 is 1.70 bits per heavy atom. The monoisotopic (exact) mass is 409 g/mol. The van der Waals surface area contributed by atoms with Crippen LogP contribution in [0.2, 0.25) is 0 Å². The van der Waals surface area contributed by atoms with E-state index >= 15 is 0 Å². The van der Waals surface area contributed by atoms with E-state index in [1.165, 1.54) is 0 Å². The molecule has 2 aromatic rings. The van der Waals surface area contributed by atoms with Gasteiger partial charge in [0.2, 0.25) is 5.91 Å². The van der Waals surface area contributed by atoms with Crippen LogP contribution in [0, 0.1) is 6.92 Å². The summed E-state index contributed by atoms with van der Waals surface area (Å²) in [4.78, 5) is 29.1. The minimum absolute atomic E-state index is 0.0171. The number of carbonyl (C=O) groups excluding carboxylic acids is 2. The van der Waals surface area contributed by atoms with Crippen molar-refractivity contribution in [1.29, 1.82) is 0 Å². The van der Waals surface area contributed by atoms with Gasteiger partial charge >= 0.3 is 0 Å². The molecule has 0 spiro atoms. The van der Waals surface area contributed by atoms with Gasteiger partial charge in [0, 0.05) is 31.9 Å². The maximum atomic E-state index is 12.7. The van der Waals surface area contributed by atoms with Crippen LogP contribution in [0.5, 0.6) is 5.75 Å². The number of nitrogens with zero attached hydrogens (tertiary/aromatic N) is 2. The third kappa shape index (κ3) is 5.83. The third-order valence-corrected chi connectivity index (χ3v) is 5.41. The van der Waals surface area contributed by atoms with Crippen LogP contribution in [0.15, 0.2) is 48.5 Å². The van der Waals surface area contributed by atoms with Gasteiger partial charge < -0.3 is 15.0 Å². The Hall–Kier alpha value is -2.86. The number of ether oxygens (including phenoxy) is 1. The van der Waals surface area contributed by atoms with Crippen molar-refractivity contribution in [2.45, 2.75) is 33.3 Å². The zero-order valence-corrected chi connectivity index (χ0v) is 18.1. The molecule has 160 valence electrons. The minimum atomic E-state index is -0.534. The van der Waals surface area contributed by atoms with Gasteiger partial charge in [-0.2, -0.15) is 0 Å². The Balaban J connectivity index is 1.45. The van der Waals surface area contributed by atoms with E-state index in [0.717, 1.165) is 23.2 Å². The maximum Gasteiger partial charge on any atom is 0.263 e. The summed E-state index contributed by atoms with van der Waals surface area (Å²) >= 11 is 0. The van der Waals surface area contributed by atoms with E-state index in [1.54, 1.807) is 6.92 Å². The second kappa shape index (κ2) is 10.3. The highest BCUT2D eigenvalue weighted by atomic mass is 16.5. The molecule has 1 aliphatic heterocycles. The zero-order chi connectivity index (χ0) is 21.5. The lowest BCUT2D eigenvalue weighted by atomic mass is 10.1. The first-order valence-electron chi connectivity index (χ1n) is 10.6. The van der Waals surface area contributed by atoms with Gasteiger partial charge in [-0.1, -0.05) is 42.8 Å². The summed E-state index contributed by atoms with van der Waals surface area (Å²) < 4.78 is 5.80. The zero-order valence-electron chi connectivity index (χ0n) is 18.1. The van der Waals surface area contributed by atoms with Gasteiger partial charge in [0.15, 0.2) is 6.10 Å². The summed E-state index contributed by atoms with van der Waals surface area (Å²) in [7, 11) is 0. The topological polar surface area (TPSA) is 61.9 Å². The first-order chi connectivity index (χ1) is 14.5. The highest BCUT2D eigenvalue weighted by Crippen LogP contribution is 2.16. The second-order valence-corrected chi connectivity index (χ2v) is 7.73. The van der Waals surface area contributed by atoms with Crippen molar-refractivity contribution in [2.75, 3.05) is 38.0 Å². The summed E-state index contributed by atoms with van der Waals surface area (Å²) in [5, 5.41) is 3.01. The number of carbonyl (C=O) groups is 2. The molecule has 6 nitrogen and oxygen atoms in total. The Bertz CT molecular complexity index is 858. The summed E-state index contributed by atoms with van der Waals surface area (Å²) in [6, 6.07) is 15.6. The van der Waals surface area contributed by atoms with Gasteiger partial charge in [-0.15, -0.1) is 0 Å². The third-order valence-electron chi connectivity index (χ3n) is 5.41. The van der Waals surface area contributed by atoms with Crippen molar-refractivity contribution in [3.63, 3.8) is 0 Å². The Morgan fingerprint density at radius 1 is 1.03 bits per heavy atom. The molecule has 1 heterocycles. The standard InChI is InChI=1S/C24H31N3O3/c1-4-20-7-5-6-8-22(20)25-23(28)17-26-13-15-27(16-14-26)24(29)19(3)30-21-11-9-18(2)10-12-21/h5-12,19H,4,13-17H2,1-3H3,(H,25,28). The molecule has 0 aromatic heterocycles. The number of hydrogen-bond donors (Lipinski definition) is 1. The van der Waals surface area contributed by atoms with Crippen molar-refractivity contribution in [3.05, 3.63) is 59.7 Å². The van der Waals surface area contributed by atoms with E-state index in [4.69, 9.17) is 4.74 Å². The van der Waals surface area contributed by atoms with Crippen LogP contribution >= 0.6 is 0 Å². The molecule has 0 bridgehead atoms. The summed E-state index contributed by atoms with van der Waals surface area (Å²) in [6.45, 7) is 8.74. The van der Waals surface area contributed by atoms with Crippen molar-refractivity contribution in [1.82, 2.24) is 9.80 Å². The summed E-state index contributed by atoms with van der Waals surface area (Å²) in [6.07, 6.45) is 0.341. The van der Waals surface area contributed by atoms with E-state index in [9.17, 15) is 9.59 Å². The molecule has 3 rings (SSSR count). The molecule has 0 radical (unpaired) electrons. The highest BCUT2D eigenvalue weighted by molar-refractivity contribution is 5.93. The van der Waals surface area contributed by atoms with E-state index in [1.807, 2.05) is 60.4 Å². The number of benzene rings is 2. The molecule has 0 aliphatic carbocycles. The van der Waals surface area contributed by atoms with Gasteiger partial charge in [-0.05, 0) is 44.0 Å². The molecule has 2 aromatic carbocycles. The molecular formula is C24H31N3O3. The predicted octanol–water partition coefficient (Wildman–Crippen LogP) is 3.11. The predicted molar refractivity (Wildman–Crippen MR) is 119 cm³/mol. The van der Waals surface area contributed by atoms with Crippen molar-refractivity contribution in [2.24, 2.45) is 0 Å². The van der Waals surface area contributed by atoms with E-state index in [2.05, 4.69) is 17.1 Å². The second-order valence-electron chi connectivity index (χ2n) is 7.73. The molecule has 1 saturated heterocycles. The lowest BCUT2D eigenvalue weighted by Gasteiger charge is -2.35. The van der Waals surface area contributed by atoms with Gasteiger partial charge in [0.1, 0.15) is 5.75 Å². The molecule has 1 fully saturated rings. The molecular weight excluding hydrogens is 378 g/mol. The normalized spacial score (nSPS) is 15.5. The molecule has 6 heteroatoms. The van der Waals surface area contributed by atoms with Crippen LogP contribution in [0.25, 0.3) is 0 Å². The minimum Gasteiger partial charge on any atom is -0.481 e. The molecule has 30 heavy (non-hydrogen) atoms. The van der Waals surface area contributed by atoms with Gasteiger partial charge in [0.25, 0.3) is 5.91 Å². The van der Waals surface area contributed by atoms with Crippen molar-refractivity contribution < 1.29 is 14.3 Å². The molecule has 1 aliphatic rings. The number of amides is 2. The van der Waals surface area contributed by atoms with Gasteiger partial charge in [-0.3, -0.25) is 14.5 Å². The quantitative estimate of drug-likeness (QED) is 0.763. The lowest BCUT2D eigenvalue weighted by molar-refractivity contribution is -0.139. The van der Waals surface area contributed by atoms with Crippen molar-refractivity contribution >= 4 is 17.5 Å². The van der Waals surface area contributed by atoms with Crippen LogP contribution < -0.4 is 10.1 Å². The Labute approximate surface area is 178 Å². The molecule has 1 unspecified atom stereocenters. The van der Waals surface area contributed by atoms with Crippen LogP contribution in [-0.2, 0) is 16.0 Å². The molecule has 1 atom stereocenters. The average molecular weight is 410 g/mol. The number of para-hydroxylation sites is 1. The number of nitrogens with one attached hydrogen (secondary N) is 1. The molecule has 1 N–H and O–H groups in total. The first kappa shape index (κ1) is 21.8. The number of aryl methyl sites for hydroxylation is 2. The van der Waals surface area contributed by atoms with Gasteiger partial charge in [-0.25, -0.2) is 0 Å². The summed E-state index contributed by atoms with van der Waals surface area (Å²) in [5.74, 6) is 0.660. The largest absolute Gasteiger partial charge is 0.481 e. The van der Waals surface area contributed by atoms with E-state index < -0.39 is 6.10 Å². The van der Waals surface area contributed by atoms with E-state index in [-0.39, 0.29) is 11.8 Å². The summed E-state index contributed by atoms with van der Waals surface area (Å²) in [5.41, 5.74) is 3.16.